The van der Waals surface area contributed by atoms with Gasteiger partial charge in [0.15, 0.2) is 0 Å². The summed E-state index contributed by atoms with van der Waals surface area (Å²) in [6.45, 7) is 0. The molecule has 7 heteroatoms. The molecule has 0 heterocycles. The molecule has 0 aromatic rings. The van der Waals surface area contributed by atoms with E-state index in [1.165, 1.54) is 0 Å². The maximum absolute atomic E-state index is 8.64. The van der Waals surface area contributed by atoms with Crippen LogP contribution in [0.2, 0.25) is 0 Å². The third kappa shape index (κ3) is 65.7. The Hall–Kier alpha value is 2.18. The van der Waals surface area contributed by atoms with Gasteiger partial charge in [0.1, 0.15) is 0 Å². The molecule has 4 nitrogen and oxygen atoms in total. The van der Waals surface area contributed by atoms with Gasteiger partial charge >= 0.3 is 89.9 Å². The molecule has 0 radical (unpaired) electrons. The van der Waals surface area contributed by atoms with Crippen LogP contribution >= 0.6 is 0 Å². The van der Waals surface area contributed by atoms with E-state index in [0.29, 0.717) is 0 Å². The molecule has 0 fully saturated rings. The second-order valence-electron chi connectivity index (χ2n) is 0.378. The summed E-state index contributed by atoms with van der Waals surface area (Å²) in [4.78, 5) is 0. The zero-order valence-corrected chi connectivity index (χ0v) is 10.7. The van der Waals surface area contributed by atoms with Crippen LogP contribution in [0.4, 0.5) is 0 Å². The van der Waals surface area contributed by atoms with E-state index in [2.05, 4.69) is 0 Å². The van der Waals surface area contributed by atoms with Crippen LogP contribution in [0.3, 0.4) is 0 Å². The Morgan fingerprint density at radius 3 is 1.00 bits per heavy atom. The van der Waals surface area contributed by atoms with Gasteiger partial charge in [-0.25, -0.2) is 0 Å². The Kier molecular flexibility index (Phi) is 14.5. The second kappa shape index (κ2) is 6.30. The summed E-state index contributed by atoms with van der Waals surface area (Å²) in [7, 11) is 0. The Balaban J connectivity index is -0.0000000800. The first-order chi connectivity index (χ1) is 2.00. The molecule has 0 saturated carbocycles. The summed E-state index contributed by atoms with van der Waals surface area (Å²) in [5.41, 5.74) is 0. The average Bonchev–Trinajstić information content (AvgIpc) is 0.722. The maximum atomic E-state index is 8.64. The zero-order valence-electron chi connectivity index (χ0n) is 4.01. The van der Waals surface area contributed by atoms with Crippen molar-refractivity contribution in [3.63, 3.8) is 0 Å². The van der Waals surface area contributed by atoms with Gasteiger partial charge in [0.2, 0.25) is 0 Å². The number of hydrogen-bond acceptors (Lipinski definition) is 4. The van der Waals surface area contributed by atoms with Crippen molar-refractivity contribution in [2.24, 2.45) is 0 Å². The van der Waals surface area contributed by atoms with Gasteiger partial charge in [-0.2, -0.15) is 0 Å². The Labute approximate surface area is 88.4 Å². The monoisotopic (exact) mass is 297 g/mol. The minimum absolute atomic E-state index is 0. The molecule has 0 N–H and O–H groups in total. The number of rotatable bonds is 0. The van der Waals surface area contributed by atoms with Crippen molar-refractivity contribution in [3.8, 4) is 0 Å². The molecule has 0 atom stereocenters. The summed E-state index contributed by atoms with van der Waals surface area (Å²) >= 11 is -6.11. The molecule has 0 amide bonds. The van der Waals surface area contributed by atoms with E-state index in [1.54, 1.807) is 0 Å². The Bertz CT molecular complexity index is 92.9. The third-order valence-electron chi connectivity index (χ3n) is 0. The predicted octanol–water partition coefficient (Wildman–Crippen LogP) is -8.61. The Morgan fingerprint density at radius 1 is 1.00 bits per heavy atom. The quantitative estimate of drug-likeness (QED) is 0.416. The van der Waals surface area contributed by atoms with Gasteiger partial charge < -0.3 is 0 Å². The standard InChI is InChI=1S/2Na.4O.Re/q2*+1;;;2*-1;. The molecule has 0 aromatic heterocycles. The van der Waals surface area contributed by atoms with Gasteiger partial charge in [-0.3, -0.25) is 0 Å². The Morgan fingerprint density at radius 2 is 1.00 bits per heavy atom. The average molecular weight is 296 g/mol. The van der Waals surface area contributed by atoms with E-state index in [4.69, 9.17) is 14.6 Å². The van der Waals surface area contributed by atoms with Crippen LogP contribution < -0.4 is 66.8 Å². The first-order valence-corrected chi connectivity index (χ1v) is 5.05. The van der Waals surface area contributed by atoms with Crippen molar-refractivity contribution in [1.82, 2.24) is 0 Å². The molecule has 0 aromatic carbocycles. The normalized spacial score (nSPS) is 8.29. The summed E-state index contributed by atoms with van der Waals surface area (Å²) in [5, 5.41) is 0. The SMILES string of the molecule is [Na+].[Na+].[O]=[Re](=[O])([O-])[O-]. The number of hydrogen-bond donors (Lipinski definition) is 0. The van der Waals surface area contributed by atoms with Gasteiger partial charge in [0.05, 0.1) is 0 Å². The van der Waals surface area contributed by atoms with Crippen LogP contribution in [0.5, 0.6) is 0 Å². The first-order valence-electron chi connectivity index (χ1n) is 0.617. The molecule has 7 heavy (non-hydrogen) atoms. The van der Waals surface area contributed by atoms with Gasteiger partial charge in [0.25, 0.3) is 0 Å². The molecule has 0 bridgehead atoms. The molecule has 0 saturated heterocycles. The van der Waals surface area contributed by atoms with Crippen LogP contribution in [-0.2, 0) is 23.1 Å². The van der Waals surface area contributed by atoms with Crippen molar-refractivity contribution in [3.05, 3.63) is 0 Å². The molecular weight excluding hydrogens is 296 g/mol. The molecule has 33 valence electrons. The topological polar surface area (TPSA) is 80.3 Å². The predicted molar refractivity (Wildman–Crippen MR) is 1.37 cm³/mol. The van der Waals surface area contributed by atoms with Crippen LogP contribution in [0.25, 0.3) is 0 Å². The summed E-state index contributed by atoms with van der Waals surface area (Å²) in [5.74, 6) is 0. The molecule has 0 rings (SSSR count). The van der Waals surface area contributed by atoms with Crippen LogP contribution in [0.1, 0.15) is 0 Å². The van der Waals surface area contributed by atoms with Crippen molar-refractivity contribution in [1.29, 1.82) is 0 Å². The molecular formula is Na2O4Re. The van der Waals surface area contributed by atoms with Gasteiger partial charge in [-0.1, -0.05) is 0 Å². The van der Waals surface area contributed by atoms with Crippen molar-refractivity contribution in [2.75, 3.05) is 0 Å². The van der Waals surface area contributed by atoms with Crippen molar-refractivity contribution in [2.45, 2.75) is 0 Å². The summed E-state index contributed by atoms with van der Waals surface area (Å²) in [6.07, 6.45) is 0. The summed E-state index contributed by atoms with van der Waals surface area (Å²) in [6, 6.07) is 0. The molecule has 0 aliphatic carbocycles. The van der Waals surface area contributed by atoms with E-state index in [9.17, 15) is 0 Å². The fourth-order valence-electron chi connectivity index (χ4n) is 0. The second-order valence-corrected chi connectivity index (χ2v) is 3.09. The summed E-state index contributed by atoms with van der Waals surface area (Å²) < 4.78 is 34.6. The van der Waals surface area contributed by atoms with Crippen LogP contribution in [0, 0.1) is 0 Å². The van der Waals surface area contributed by atoms with Gasteiger partial charge in [-0.05, 0) is 0 Å². The fraction of sp³-hybridized carbons (Fsp3) is 0. The van der Waals surface area contributed by atoms with E-state index in [1.807, 2.05) is 0 Å². The molecule has 0 aliphatic rings. The molecule has 0 aliphatic heterocycles. The third-order valence-corrected chi connectivity index (χ3v) is 0. The first kappa shape index (κ1) is 16.1. The van der Waals surface area contributed by atoms with E-state index in [0.717, 1.165) is 0 Å². The van der Waals surface area contributed by atoms with E-state index < -0.39 is 16.2 Å². The minimum atomic E-state index is -6.11. The van der Waals surface area contributed by atoms with E-state index in [-0.39, 0.29) is 59.1 Å². The van der Waals surface area contributed by atoms with Crippen LogP contribution in [0.15, 0.2) is 0 Å². The van der Waals surface area contributed by atoms with Crippen molar-refractivity contribution < 1.29 is 89.9 Å². The molecule has 0 unspecified atom stereocenters. The van der Waals surface area contributed by atoms with E-state index >= 15 is 0 Å². The van der Waals surface area contributed by atoms with Gasteiger partial charge in [-0.15, -0.1) is 0 Å². The van der Waals surface area contributed by atoms with Gasteiger partial charge in [0, 0.05) is 0 Å². The fourth-order valence-corrected chi connectivity index (χ4v) is 0. The molecule has 0 spiro atoms. The van der Waals surface area contributed by atoms with Crippen molar-refractivity contribution >= 4 is 0 Å². The zero-order chi connectivity index (χ0) is 4.50. The van der Waals surface area contributed by atoms with Crippen LogP contribution in [-0.4, -0.2) is 0 Å².